The topological polar surface area (TPSA) is 69.6 Å². The van der Waals surface area contributed by atoms with Gasteiger partial charge in [-0.2, -0.15) is 0 Å². The fourth-order valence-electron chi connectivity index (χ4n) is 2.27. The minimum absolute atomic E-state index is 0.0440. The summed E-state index contributed by atoms with van der Waals surface area (Å²) in [6, 6.07) is 11.4. The van der Waals surface area contributed by atoms with Crippen molar-refractivity contribution < 1.29 is 14.7 Å². The lowest BCUT2D eigenvalue weighted by molar-refractivity contribution is -0.123. The van der Waals surface area contributed by atoms with E-state index < -0.39 is 11.9 Å². The summed E-state index contributed by atoms with van der Waals surface area (Å²) in [5.74, 6) is -0.454. The third kappa shape index (κ3) is 3.44. The smallest absolute Gasteiger partial charge is 0.329 e. The molecule has 1 aliphatic heterocycles. The van der Waals surface area contributed by atoms with Crippen LogP contribution < -0.4 is 5.32 Å². The van der Waals surface area contributed by atoms with Gasteiger partial charge >= 0.3 is 6.03 Å². The second-order valence-electron chi connectivity index (χ2n) is 5.22. The Kier molecular flexibility index (Phi) is 4.59. The first-order valence-corrected chi connectivity index (χ1v) is 8.18. The van der Waals surface area contributed by atoms with Crippen LogP contribution in [0.3, 0.4) is 0 Å². The number of aromatic hydroxyl groups is 1. The Labute approximate surface area is 151 Å². The van der Waals surface area contributed by atoms with E-state index in [0.717, 1.165) is 14.9 Å². The molecule has 1 saturated heterocycles. The number of hydrogen-bond acceptors (Lipinski definition) is 3. The largest absolute Gasteiger partial charge is 0.506 e. The average molecular weight is 408 g/mol. The molecule has 0 bridgehead atoms. The molecule has 0 spiro atoms. The highest BCUT2D eigenvalue weighted by Gasteiger charge is 2.33. The summed E-state index contributed by atoms with van der Waals surface area (Å²) in [4.78, 5) is 25.6. The van der Waals surface area contributed by atoms with Crippen molar-refractivity contribution in [1.29, 1.82) is 0 Å². The number of rotatable bonds is 3. The third-order valence-corrected chi connectivity index (χ3v) is 4.33. The van der Waals surface area contributed by atoms with Gasteiger partial charge in [0.05, 0.1) is 11.6 Å². The lowest BCUT2D eigenvalue weighted by Gasteiger charge is -2.11. The van der Waals surface area contributed by atoms with Crippen molar-refractivity contribution in [3.8, 4) is 5.75 Å². The summed E-state index contributed by atoms with van der Waals surface area (Å²) in [7, 11) is 0. The lowest BCUT2D eigenvalue weighted by Crippen LogP contribution is -2.30. The second-order valence-corrected chi connectivity index (χ2v) is 6.54. The highest BCUT2D eigenvalue weighted by molar-refractivity contribution is 9.10. The molecule has 2 aromatic rings. The van der Waals surface area contributed by atoms with Crippen molar-refractivity contribution in [2.75, 3.05) is 0 Å². The van der Waals surface area contributed by atoms with Crippen LogP contribution in [-0.4, -0.2) is 21.9 Å². The minimum atomic E-state index is -0.473. The molecule has 3 rings (SSSR count). The number of imide groups is 1. The first-order valence-electron chi connectivity index (χ1n) is 7.01. The molecule has 2 N–H and O–H groups in total. The van der Waals surface area contributed by atoms with Crippen LogP contribution in [0.15, 0.2) is 52.6 Å². The summed E-state index contributed by atoms with van der Waals surface area (Å²) < 4.78 is 0.924. The molecule has 1 fully saturated rings. The maximum atomic E-state index is 12.4. The number of benzene rings is 2. The van der Waals surface area contributed by atoms with Crippen molar-refractivity contribution in [1.82, 2.24) is 10.2 Å². The Morgan fingerprint density at radius 1 is 1.17 bits per heavy atom. The van der Waals surface area contributed by atoms with Crippen LogP contribution in [0.25, 0.3) is 6.08 Å². The van der Waals surface area contributed by atoms with E-state index in [1.165, 1.54) is 18.2 Å². The Bertz CT molecular complexity index is 849. The van der Waals surface area contributed by atoms with Gasteiger partial charge in [-0.25, -0.2) is 4.79 Å². The van der Waals surface area contributed by atoms with E-state index in [9.17, 15) is 14.7 Å². The van der Waals surface area contributed by atoms with Crippen LogP contribution >= 0.6 is 27.5 Å². The van der Waals surface area contributed by atoms with Crippen molar-refractivity contribution in [2.45, 2.75) is 6.54 Å². The molecule has 24 heavy (non-hydrogen) atoms. The number of urea groups is 1. The number of nitrogens with zero attached hydrogens (tertiary/aromatic N) is 1. The monoisotopic (exact) mass is 406 g/mol. The number of amides is 3. The fourth-order valence-corrected chi connectivity index (χ4v) is 2.72. The van der Waals surface area contributed by atoms with Gasteiger partial charge in [0, 0.05) is 4.47 Å². The quantitative estimate of drug-likeness (QED) is 0.599. The van der Waals surface area contributed by atoms with Crippen molar-refractivity contribution in [3.05, 3.63) is 68.8 Å². The molecular formula is C17H12BrClN2O3. The molecule has 1 aliphatic rings. The van der Waals surface area contributed by atoms with Crippen LogP contribution in [-0.2, 0) is 11.3 Å². The Hall–Kier alpha value is -2.31. The van der Waals surface area contributed by atoms with E-state index in [0.29, 0.717) is 5.56 Å². The highest BCUT2D eigenvalue weighted by atomic mass is 79.9. The maximum Gasteiger partial charge on any atom is 0.329 e. The van der Waals surface area contributed by atoms with Crippen molar-refractivity contribution in [2.24, 2.45) is 0 Å². The zero-order valence-corrected chi connectivity index (χ0v) is 14.6. The van der Waals surface area contributed by atoms with Gasteiger partial charge < -0.3 is 10.4 Å². The summed E-state index contributed by atoms with van der Waals surface area (Å²) in [6.07, 6.45) is 1.52. The number of carbonyl (C=O) groups excluding carboxylic acids is 2. The van der Waals surface area contributed by atoms with Crippen LogP contribution in [0.5, 0.6) is 5.75 Å². The summed E-state index contributed by atoms with van der Waals surface area (Å²) in [5.41, 5.74) is 1.61. The van der Waals surface area contributed by atoms with Crippen LogP contribution in [0, 0.1) is 0 Å². The number of phenolic OH excluding ortho intramolecular Hbond substituents is 1. The molecule has 0 aromatic heterocycles. The van der Waals surface area contributed by atoms with Gasteiger partial charge in [0.15, 0.2) is 0 Å². The van der Waals surface area contributed by atoms with E-state index in [4.69, 9.17) is 11.6 Å². The molecule has 0 unspecified atom stereocenters. The fraction of sp³-hybridized carbons (Fsp3) is 0.0588. The van der Waals surface area contributed by atoms with Gasteiger partial charge in [-0.3, -0.25) is 9.69 Å². The molecule has 7 heteroatoms. The molecule has 1 heterocycles. The van der Waals surface area contributed by atoms with Crippen molar-refractivity contribution >= 4 is 45.5 Å². The Balaban J connectivity index is 1.81. The van der Waals surface area contributed by atoms with E-state index in [1.54, 1.807) is 6.07 Å². The number of nitrogens with one attached hydrogen (secondary N) is 1. The first-order chi connectivity index (χ1) is 11.4. The first kappa shape index (κ1) is 16.5. The molecule has 5 nitrogen and oxygen atoms in total. The zero-order valence-electron chi connectivity index (χ0n) is 12.3. The van der Waals surface area contributed by atoms with Crippen LogP contribution in [0.2, 0.25) is 5.02 Å². The third-order valence-electron chi connectivity index (χ3n) is 3.50. The SMILES string of the molecule is O=C1N/C(=C\c2ccc(O)c(Cl)c2)C(=O)N1Cc1ccc(Br)cc1. The molecule has 2 aromatic carbocycles. The van der Waals surface area contributed by atoms with Crippen molar-refractivity contribution in [3.63, 3.8) is 0 Å². The molecule has 122 valence electrons. The van der Waals surface area contributed by atoms with Gasteiger partial charge in [-0.05, 0) is 41.5 Å². The Morgan fingerprint density at radius 2 is 1.88 bits per heavy atom. The number of hydrogen-bond donors (Lipinski definition) is 2. The van der Waals surface area contributed by atoms with Gasteiger partial charge in [0.25, 0.3) is 5.91 Å². The van der Waals surface area contributed by atoms with Gasteiger partial charge in [0.1, 0.15) is 11.4 Å². The molecule has 0 saturated carbocycles. The summed E-state index contributed by atoms with van der Waals surface area (Å²) in [5, 5.41) is 12.1. The molecule has 0 atom stereocenters. The molecule has 0 radical (unpaired) electrons. The van der Waals surface area contributed by atoms with Gasteiger partial charge in [-0.15, -0.1) is 0 Å². The van der Waals surface area contributed by atoms with Gasteiger partial charge in [-0.1, -0.05) is 45.7 Å². The number of carbonyl (C=O) groups is 2. The van der Waals surface area contributed by atoms with Gasteiger partial charge in [0.2, 0.25) is 0 Å². The van der Waals surface area contributed by atoms with Crippen LogP contribution in [0.1, 0.15) is 11.1 Å². The van der Waals surface area contributed by atoms with E-state index >= 15 is 0 Å². The van der Waals surface area contributed by atoms with E-state index in [2.05, 4.69) is 21.2 Å². The van der Waals surface area contributed by atoms with Crippen LogP contribution in [0.4, 0.5) is 4.79 Å². The molecular weight excluding hydrogens is 396 g/mol. The summed E-state index contributed by atoms with van der Waals surface area (Å²) in [6.45, 7) is 0.186. The lowest BCUT2D eigenvalue weighted by atomic mass is 10.1. The highest BCUT2D eigenvalue weighted by Crippen LogP contribution is 2.25. The second kappa shape index (κ2) is 6.67. The van der Waals surface area contributed by atoms with E-state index in [1.807, 2.05) is 24.3 Å². The normalized spacial score (nSPS) is 15.9. The standard InChI is InChI=1S/C17H12BrClN2O3/c18-12-4-1-10(2-5-12)9-21-16(23)14(20-17(21)24)8-11-3-6-15(22)13(19)7-11/h1-8,22H,9H2,(H,20,24)/b14-8-. The molecule has 0 aliphatic carbocycles. The maximum absolute atomic E-state index is 12.4. The predicted molar refractivity (Wildman–Crippen MR) is 94.3 cm³/mol. The zero-order chi connectivity index (χ0) is 17.3. The number of halogens is 2. The predicted octanol–water partition coefficient (Wildman–Crippen LogP) is 3.90. The Morgan fingerprint density at radius 3 is 2.54 bits per heavy atom. The molecule has 3 amide bonds. The number of phenols is 1. The summed E-state index contributed by atoms with van der Waals surface area (Å²) >= 11 is 9.19. The minimum Gasteiger partial charge on any atom is -0.506 e. The van der Waals surface area contributed by atoms with E-state index in [-0.39, 0.29) is 23.0 Å². The average Bonchev–Trinajstić information content (AvgIpc) is 2.80.